The molecule has 2 amide bonds. The summed E-state index contributed by atoms with van der Waals surface area (Å²) in [6.45, 7) is 1.12. The highest BCUT2D eigenvalue weighted by atomic mass is 31.0. The van der Waals surface area contributed by atoms with Crippen molar-refractivity contribution < 1.29 is 27.8 Å². The van der Waals surface area contributed by atoms with Crippen LogP contribution in [0.3, 0.4) is 0 Å². The predicted molar refractivity (Wildman–Crippen MR) is 142 cm³/mol. The Kier molecular flexibility index (Phi) is 8.39. The number of ether oxygens (including phenoxy) is 2. The lowest BCUT2D eigenvalue weighted by molar-refractivity contribution is 0.0791. The van der Waals surface area contributed by atoms with Crippen molar-refractivity contribution in [2.75, 3.05) is 25.5 Å². The maximum Gasteiger partial charge on any atom is 0.409 e. The first-order valence-electron chi connectivity index (χ1n) is 12.0. The molecule has 1 aliphatic rings. The molecule has 1 heterocycles. The number of nitrogens with one attached hydrogen (secondary N) is 1. The summed E-state index contributed by atoms with van der Waals surface area (Å²) >= 11 is 0. The lowest BCUT2D eigenvalue weighted by Crippen LogP contribution is -2.41. The van der Waals surface area contributed by atoms with Crippen LogP contribution in [0.5, 0.6) is 5.75 Å². The molecule has 1 N–H and O–H groups in total. The highest BCUT2D eigenvalue weighted by Gasteiger charge is 2.25. The quantitative estimate of drug-likeness (QED) is 0.371. The number of likely N-dealkylation sites (tertiary alicyclic amines) is 1. The zero-order chi connectivity index (χ0) is 26.4. The number of nitrogens with zero attached hydrogens (tertiary/aromatic N) is 1. The summed E-state index contributed by atoms with van der Waals surface area (Å²) in [5.74, 6) is 0.337. The molecule has 1 saturated heterocycles. The third-order valence-corrected chi connectivity index (χ3v) is 6.35. The number of hydrogen-bond acceptors (Lipinski definition) is 4. The minimum Gasteiger partial charge on any atom is -0.490 e. The third-order valence-electron chi connectivity index (χ3n) is 6.15. The average molecular weight is 527 g/mol. The number of hydrogen-bond donors (Lipinski definition) is 1. The van der Waals surface area contributed by atoms with Gasteiger partial charge in [-0.3, -0.25) is 4.79 Å². The van der Waals surface area contributed by atoms with Gasteiger partial charge in [-0.1, -0.05) is 57.8 Å². The van der Waals surface area contributed by atoms with E-state index in [4.69, 9.17) is 9.47 Å². The molecule has 194 valence electrons. The van der Waals surface area contributed by atoms with Crippen LogP contribution in [-0.2, 0) is 11.2 Å². The second-order valence-electron chi connectivity index (χ2n) is 8.94. The number of rotatable bonds is 7. The SMILES string of the molecule is COC(=O)N1CCC(Oc2cccc(NC(=O)c3ccccc3-c3ccc(CC(F)(F)P)cc3)c2)CC1. The zero-order valence-electron chi connectivity index (χ0n) is 20.5. The van der Waals surface area contributed by atoms with Gasteiger partial charge >= 0.3 is 6.09 Å². The number of benzene rings is 3. The summed E-state index contributed by atoms with van der Waals surface area (Å²) in [6.07, 6.45) is 0.630. The molecule has 0 spiro atoms. The maximum absolute atomic E-state index is 13.3. The molecule has 37 heavy (non-hydrogen) atoms. The van der Waals surface area contributed by atoms with Gasteiger partial charge in [0, 0.05) is 49.7 Å². The van der Waals surface area contributed by atoms with Gasteiger partial charge in [0.15, 0.2) is 0 Å². The average Bonchev–Trinajstić information content (AvgIpc) is 2.88. The molecule has 1 unspecified atom stereocenters. The molecule has 1 fully saturated rings. The number of anilines is 1. The fourth-order valence-corrected chi connectivity index (χ4v) is 4.57. The van der Waals surface area contributed by atoms with E-state index in [0.717, 1.165) is 5.56 Å². The lowest BCUT2D eigenvalue weighted by atomic mass is 9.97. The van der Waals surface area contributed by atoms with Crippen molar-refractivity contribution in [1.29, 1.82) is 0 Å². The second kappa shape index (κ2) is 11.7. The van der Waals surface area contributed by atoms with E-state index < -0.39 is 5.66 Å². The van der Waals surface area contributed by atoms with Gasteiger partial charge in [-0.25, -0.2) is 13.6 Å². The number of piperidine rings is 1. The van der Waals surface area contributed by atoms with Gasteiger partial charge in [-0.05, 0) is 34.9 Å². The Labute approximate surface area is 217 Å². The van der Waals surface area contributed by atoms with E-state index in [1.807, 2.05) is 18.2 Å². The van der Waals surface area contributed by atoms with E-state index in [-0.39, 0.29) is 24.5 Å². The lowest BCUT2D eigenvalue weighted by Gasteiger charge is -2.31. The van der Waals surface area contributed by atoms with E-state index in [0.29, 0.717) is 54.1 Å². The first kappa shape index (κ1) is 26.6. The monoisotopic (exact) mass is 526 g/mol. The van der Waals surface area contributed by atoms with Crippen LogP contribution in [-0.4, -0.2) is 48.9 Å². The maximum atomic E-state index is 13.3. The summed E-state index contributed by atoms with van der Waals surface area (Å²) < 4.78 is 37.5. The van der Waals surface area contributed by atoms with Crippen LogP contribution >= 0.6 is 9.24 Å². The van der Waals surface area contributed by atoms with Gasteiger partial charge in [-0.2, -0.15) is 0 Å². The van der Waals surface area contributed by atoms with Crippen molar-refractivity contribution in [3.05, 3.63) is 83.9 Å². The van der Waals surface area contributed by atoms with E-state index in [1.165, 1.54) is 7.11 Å². The molecule has 6 nitrogen and oxygen atoms in total. The molecule has 1 atom stereocenters. The zero-order valence-corrected chi connectivity index (χ0v) is 21.6. The van der Waals surface area contributed by atoms with Crippen LogP contribution < -0.4 is 10.1 Å². The largest absolute Gasteiger partial charge is 0.490 e. The van der Waals surface area contributed by atoms with Gasteiger partial charge in [0.05, 0.1) is 7.11 Å². The number of carbonyl (C=O) groups excluding carboxylic acids is 2. The van der Waals surface area contributed by atoms with E-state index in [1.54, 1.807) is 68.7 Å². The van der Waals surface area contributed by atoms with Gasteiger partial charge in [0.25, 0.3) is 11.6 Å². The Hall–Kier alpha value is -3.51. The normalized spacial score (nSPS) is 14.2. The standard InChI is InChI=1S/C28H29F2N2O4P/c1-35-27(34)32-15-13-22(14-16-32)36-23-6-4-5-21(17-23)31-26(33)25-8-3-2-7-24(25)20-11-9-19(10-12-20)18-28(29,30)37/h2-12,17,22H,13-16,18,37H2,1H3,(H,31,33). The van der Waals surface area contributed by atoms with Gasteiger partial charge in [-0.15, -0.1) is 0 Å². The Morgan fingerprint density at radius 1 is 1.03 bits per heavy atom. The van der Waals surface area contributed by atoms with Crippen molar-refractivity contribution in [2.45, 2.75) is 31.0 Å². The van der Waals surface area contributed by atoms with Crippen molar-refractivity contribution >= 4 is 26.9 Å². The predicted octanol–water partition coefficient (Wildman–Crippen LogP) is 6.23. The topological polar surface area (TPSA) is 67.9 Å². The van der Waals surface area contributed by atoms with E-state index in [2.05, 4.69) is 5.32 Å². The van der Waals surface area contributed by atoms with Gasteiger partial charge in [0.1, 0.15) is 11.9 Å². The van der Waals surface area contributed by atoms with Crippen LogP contribution in [0, 0.1) is 0 Å². The molecule has 0 aliphatic carbocycles. The summed E-state index contributed by atoms with van der Waals surface area (Å²) in [4.78, 5) is 26.5. The fraction of sp³-hybridized carbons (Fsp3) is 0.286. The molecule has 9 heteroatoms. The molecule has 0 radical (unpaired) electrons. The number of alkyl halides is 2. The number of halogens is 2. The van der Waals surface area contributed by atoms with Crippen molar-refractivity contribution in [3.8, 4) is 16.9 Å². The second-order valence-corrected chi connectivity index (χ2v) is 9.78. The molecule has 3 aromatic carbocycles. The summed E-state index contributed by atoms with van der Waals surface area (Å²) in [5, 5.41) is 2.93. The number of carbonyl (C=O) groups is 2. The summed E-state index contributed by atoms with van der Waals surface area (Å²) in [5.41, 5.74) is 0.164. The number of amides is 2. The highest BCUT2D eigenvalue weighted by molar-refractivity contribution is 7.18. The van der Waals surface area contributed by atoms with Crippen molar-refractivity contribution in [1.82, 2.24) is 4.90 Å². The van der Waals surface area contributed by atoms with Gasteiger partial charge < -0.3 is 19.7 Å². The molecule has 0 bridgehead atoms. The minimum absolute atomic E-state index is 0.0400. The Morgan fingerprint density at radius 2 is 1.73 bits per heavy atom. The first-order chi connectivity index (χ1) is 17.7. The molecular formula is C28H29F2N2O4P. The molecule has 0 saturated carbocycles. The van der Waals surface area contributed by atoms with Crippen molar-refractivity contribution in [2.24, 2.45) is 0 Å². The first-order valence-corrected chi connectivity index (χ1v) is 12.6. The summed E-state index contributed by atoms with van der Waals surface area (Å²) in [7, 11) is 2.92. The van der Waals surface area contributed by atoms with Crippen LogP contribution in [0.2, 0.25) is 0 Å². The molecule has 4 rings (SSSR count). The van der Waals surface area contributed by atoms with E-state index >= 15 is 0 Å². The highest BCUT2D eigenvalue weighted by Crippen LogP contribution is 2.30. The third kappa shape index (κ3) is 7.26. The van der Waals surface area contributed by atoms with Crippen molar-refractivity contribution in [3.63, 3.8) is 0 Å². The molecular weight excluding hydrogens is 497 g/mol. The Morgan fingerprint density at radius 3 is 2.41 bits per heavy atom. The number of methoxy groups -OCH3 is 1. The van der Waals surface area contributed by atoms with E-state index in [9.17, 15) is 18.4 Å². The molecule has 3 aromatic rings. The summed E-state index contributed by atoms with van der Waals surface area (Å²) in [6, 6.07) is 21.2. The smallest absolute Gasteiger partial charge is 0.409 e. The molecule has 0 aromatic heterocycles. The van der Waals surface area contributed by atoms with Crippen LogP contribution in [0.15, 0.2) is 72.8 Å². The Bertz CT molecular complexity index is 1240. The van der Waals surface area contributed by atoms with Crippen LogP contribution in [0.1, 0.15) is 28.8 Å². The molecule has 1 aliphatic heterocycles. The van der Waals surface area contributed by atoms with Gasteiger partial charge in [0.2, 0.25) is 0 Å². The van der Waals surface area contributed by atoms with Crippen LogP contribution in [0.25, 0.3) is 11.1 Å². The Balaban J connectivity index is 1.42. The fourth-order valence-electron chi connectivity index (χ4n) is 4.33. The minimum atomic E-state index is -2.86. The van der Waals surface area contributed by atoms with Crippen LogP contribution in [0.4, 0.5) is 19.3 Å².